The average molecular weight is 353 g/mol. The first-order chi connectivity index (χ1) is 12.9. The van der Waals surface area contributed by atoms with Crippen LogP contribution in [0.15, 0.2) is 48.5 Å². The summed E-state index contributed by atoms with van der Waals surface area (Å²) in [5.74, 6) is 1.86. The lowest BCUT2D eigenvalue weighted by Crippen LogP contribution is -2.23. The molecule has 0 atom stereocenters. The van der Waals surface area contributed by atoms with Gasteiger partial charge in [0, 0.05) is 17.5 Å². The van der Waals surface area contributed by atoms with E-state index in [4.69, 9.17) is 9.47 Å². The van der Waals surface area contributed by atoms with Crippen molar-refractivity contribution in [3.63, 3.8) is 0 Å². The second kappa shape index (κ2) is 10.3. The number of rotatable bonds is 10. The summed E-state index contributed by atoms with van der Waals surface area (Å²) in [6.07, 6.45) is 12.8. The highest BCUT2D eigenvalue weighted by molar-refractivity contribution is 5.76. The number of hydrogen-bond acceptors (Lipinski definition) is 2. The van der Waals surface area contributed by atoms with Gasteiger partial charge in [0.1, 0.15) is 11.5 Å². The molecule has 2 aromatic carbocycles. The van der Waals surface area contributed by atoms with E-state index >= 15 is 0 Å². The zero-order chi connectivity index (χ0) is 18.0. The van der Waals surface area contributed by atoms with Crippen LogP contribution >= 0.6 is 0 Å². The Hall–Kier alpha value is -1.96. The number of benzene rings is 2. The first-order valence-corrected chi connectivity index (χ1v) is 10.4. The van der Waals surface area contributed by atoms with Gasteiger partial charge in [-0.25, -0.2) is 0 Å². The quantitative estimate of drug-likeness (QED) is 0.415. The summed E-state index contributed by atoms with van der Waals surface area (Å²) in [5, 5.41) is 0. The predicted molar refractivity (Wildman–Crippen MR) is 109 cm³/mol. The summed E-state index contributed by atoms with van der Waals surface area (Å²) in [4.78, 5) is 0. The molecule has 0 spiro atoms. The predicted octanol–water partition coefficient (Wildman–Crippen LogP) is 7.37. The zero-order valence-corrected chi connectivity index (χ0v) is 16.1. The topological polar surface area (TPSA) is 18.5 Å². The Kier molecular flexibility index (Phi) is 7.42. The molecule has 0 unspecified atom stereocenters. The van der Waals surface area contributed by atoms with Crippen molar-refractivity contribution < 1.29 is 9.47 Å². The van der Waals surface area contributed by atoms with E-state index in [1.807, 2.05) is 24.3 Å². The molecular formula is C24H32O2. The van der Waals surface area contributed by atoms with Crippen molar-refractivity contribution in [1.82, 2.24) is 0 Å². The van der Waals surface area contributed by atoms with Gasteiger partial charge < -0.3 is 9.47 Å². The standard InChI is InChI=1S/C24H32O2/c1-2-3-4-5-6-7-8-9-10-19-24-25-22-17-13-11-15-20(22)21-16-12-14-18-23(21)26-24/h11-18,24H,2-10,19H2,1H3. The fourth-order valence-electron chi connectivity index (χ4n) is 3.63. The Morgan fingerprint density at radius 1 is 0.615 bits per heavy atom. The van der Waals surface area contributed by atoms with Crippen LogP contribution in [-0.2, 0) is 0 Å². The molecule has 0 N–H and O–H groups in total. The fraction of sp³-hybridized carbons (Fsp3) is 0.500. The minimum atomic E-state index is -0.190. The van der Waals surface area contributed by atoms with Crippen molar-refractivity contribution in [1.29, 1.82) is 0 Å². The normalized spacial score (nSPS) is 13.3. The van der Waals surface area contributed by atoms with Crippen LogP contribution < -0.4 is 9.47 Å². The molecule has 0 aliphatic carbocycles. The monoisotopic (exact) mass is 352 g/mol. The third kappa shape index (κ3) is 5.27. The number of para-hydroxylation sites is 2. The Morgan fingerprint density at radius 3 is 1.62 bits per heavy atom. The van der Waals surface area contributed by atoms with Gasteiger partial charge in [0.25, 0.3) is 0 Å². The summed E-state index contributed by atoms with van der Waals surface area (Å²) < 4.78 is 12.4. The smallest absolute Gasteiger partial charge is 0.241 e. The van der Waals surface area contributed by atoms with E-state index < -0.39 is 0 Å². The van der Waals surface area contributed by atoms with Crippen LogP contribution in [0, 0.1) is 0 Å². The third-order valence-electron chi connectivity index (χ3n) is 5.12. The van der Waals surface area contributed by atoms with E-state index in [1.165, 1.54) is 51.4 Å². The summed E-state index contributed by atoms with van der Waals surface area (Å²) in [6.45, 7) is 2.27. The summed E-state index contributed by atoms with van der Waals surface area (Å²) in [6, 6.07) is 16.5. The van der Waals surface area contributed by atoms with Gasteiger partial charge in [-0.3, -0.25) is 0 Å². The van der Waals surface area contributed by atoms with Gasteiger partial charge in [-0.05, 0) is 18.6 Å². The van der Waals surface area contributed by atoms with Gasteiger partial charge in [-0.2, -0.15) is 0 Å². The lowest BCUT2D eigenvalue weighted by molar-refractivity contribution is 0.00115. The Morgan fingerprint density at radius 2 is 1.08 bits per heavy atom. The maximum Gasteiger partial charge on any atom is 0.241 e. The van der Waals surface area contributed by atoms with E-state index in [0.717, 1.165) is 35.5 Å². The lowest BCUT2D eigenvalue weighted by Gasteiger charge is -2.18. The largest absolute Gasteiger partial charge is 0.454 e. The van der Waals surface area contributed by atoms with Gasteiger partial charge in [0.15, 0.2) is 0 Å². The van der Waals surface area contributed by atoms with Crippen molar-refractivity contribution in [2.24, 2.45) is 0 Å². The minimum absolute atomic E-state index is 0.190. The molecule has 0 radical (unpaired) electrons. The first-order valence-electron chi connectivity index (χ1n) is 10.4. The van der Waals surface area contributed by atoms with Crippen LogP contribution in [-0.4, -0.2) is 6.29 Å². The van der Waals surface area contributed by atoms with Gasteiger partial charge in [0.2, 0.25) is 6.29 Å². The van der Waals surface area contributed by atoms with Gasteiger partial charge in [0.05, 0.1) is 0 Å². The molecule has 1 heterocycles. The van der Waals surface area contributed by atoms with Crippen LogP contribution in [0.3, 0.4) is 0 Å². The highest BCUT2D eigenvalue weighted by Crippen LogP contribution is 2.40. The van der Waals surface area contributed by atoms with Crippen LogP contribution in [0.1, 0.15) is 71.1 Å². The first kappa shape index (κ1) is 18.8. The summed E-state index contributed by atoms with van der Waals surface area (Å²) >= 11 is 0. The highest BCUT2D eigenvalue weighted by Gasteiger charge is 2.22. The van der Waals surface area contributed by atoms with Crippen molar-refractivity contribution in [3.8, 4) is 22.6 Å². The number of fused-ring (bicyclic) bond motifs is 3. The molecule has 1 aliphatic heterocycles. The van der Waals surface area contributed by atoms with Crippen molar-refractivity contribution >= 4 is 0 Å². The van der Waals surface area contributed by atoms with Crippen molar-refractivity contribution in [2.75, 3.05) is 0 Å². The second-order valence-corrected chi connectivity index (χ2v) is 7.27. The highest BCUT2D eigenvalue weighted by atomic mass is 16.7. The van der Waals surface area contributed by atoms with E-state index in [-0.39, 0.29) is 6.29 Å². The van der Waals surface area contributed by atoms with Gasteiger partial charge >= 0.3 is 0 Å². The Labute approximate surface area is 158 Å². The molecule has 26 heavy (non-hydrogen) atoms. The number of ether oxygens (including phenoxy) is 2. The Bertz CT molecular complexity index is 617. The zero-order valence-electron chi connectivity index (χ0n) is 16.1. The molecule has 140 valence electrons. The fourth-order valence-corrected chi connectivity index (χ4v) is 3.63. The maximum absolute atomic E-state index is 6.19. The van der Waals surface area contributed by atoms with Crippen LogP contribution in [0.25, 0.3) is 11.1 Å². The molecule has 2 heteroatoms. The molecular weight excluding hydrogens is 320 g/mol. The van der Waals surface area contributed by atoms with E-state index in [2.05, 4.69) is 31.2 Å². The molecule has 0 saturated carbocycles. The van der Waals surface area contributed by atoms with E-state index in [1.54, 1.807) is 0 Å². The molecule has 0 bridgehead atoms. The number of unbranched alkanes of at least 4 members (excludes halogenated alkanes) is 8. The lowest BCUT2D eigenvalue weighted by atomic mass is 10.0. The summed E-state index contributed by atoms with van der Waals surface area (Å²) in [7, 11) is 0. The average Bonchev–Trinajstić information content (AvgIpc) is 2.83. The molecule has 0 amide bonds. The van der Waals surface area contributed by atoms with E-state index in [9.17, 15) is 0 Å². The van der Waals surface area contributed by atoms with Crippen LogP contribution in [0.5, 0.6) is 11.5 Å². The summed E-state index contributed by atoms with van der Waals surface area (Å²) in [5.41, 5.74) is 2.25. The van der Waals surface area contributed by atoms with E-state index in [0.29, 0.717) is 0 Å². The molecule has 2 aromatic rings. The second-order valence-electron chi connectivity index (χ2n) is 7.27. The van der Waals surface area contributed by atoms with Crippen LogP contribution in [0.4, 0.5) is 0 Å². The van der Waals surface area contributed by atoms with Crippen molar-refractivity contribution in [2.45, 2.75) is 77.4 Å². The van der Waals surface area contributed by atoms with Gasteiger partial charge in [-0.1, -0.05) is 94.7 Å². The van der Waals surface area contributed by atoms with Crippen LogP contribution in [0.2, 0.25) is 0 Å². The SMILES string of the molecule is CCCCCCCCCCCC1Oc2ccccc2-c2ccccc2O1. The molecule has 0 fully saturated rings. The number of hydrogen-bond donors (Lipinski definition) is 0. The molecule has 1 aliphatic rings. The molecule has 0 saturated heterocycles. The third-order valence-corrected chi connectivity index (χ3v) is 5.12. The Balaban J connectivity index is 1.47. The van der Waals surface area contributed by atoms with Gasteiger partial charge in [-0.15, -0.1) is 0 Å². The van der Waals surface area contributed by atoms with Crippen molar-refractivity contribution in [3.05, 3.63) is 48.5 Å². The maximum atomic E-state index is 6.19. The molecule has 3 rings (SSSR count). The molecule has 0 aromatic heterocycles. The molecule has 2 nitrogen and oxygen atoms in total. The minimum Gasteiger partial charge on any atom is -0.454 e.